The maximum absolute atomic E-state index is 13.2. The fourth-order valence-electron chi connectivity index (χ4n) is 2.03. The summed E-state index contributed by atoms with van der Waals surface area (Å²) in [5.74, 6) is 0.0839. The predicted octanol–water partition coefficient (Wildman–Crippen LogP) is 2.69. The molecule has 0 spiro atoms. The molecule has 0 amide bonds. The molecule has 3 heteroatoms. The summed E-state index contributed by atoms with van der Waals surface area (Å²) in [6, 6.07) is 6.56. The molecule has 1 aromatic rings. The first-order chi connectivity index (χ1) is 7.86. The molecule has 0 unspecified atom stereocenters. The lowest BCUT2D eigenvalue weighted by Crippen LogP contribution is -2.33. The van der Waals surface area contributed by atoms with Crippen molar-refractivity contribution in [2.24, 2.45) is 0 Å². The van der Waals surface area contributed by atoms with Crippen molar-refractivity contribution in [3.8, 4) is 5.75 Å². The summed E-state index contributed by atoms with van der Waals surface area (Å²) < 4.78 is 18.6. The van der Waals surface area contributed by atoms with Crippen molar-refractivity contribution >= 4 is 0 Å². The zero-order valence-corrected chi connectivity index (χ0v) is 9.49. The van der Waals surface area contributed by atoms with E-state index < -0.39 is 0 Å². The number of likely N-dealkylation sites (tertiary alicyclic amines) is 1. The number of rotatable bonds is 4. The zero-order valence-electron chi connectivity index (χ0n) is 9.49. The van der Waals surface area contributed by atoms with Crippen LogP contribution >= 0.6 is 0 Å². The molecule has 2 rings (SSSR count). The van der Waals surface area contributed by atoms with Gasteiger partial charge in [-0.25, -0.2) is 4.39 Å². The molecule has 1 aliphatic heterocycles. The summed E-state index contributed by atoms with van der Waals surface area (Å²) in [6.07, 6.45) is 3.89. The van der Waals surface area contributed by atoms with Crippen LogP contribution in [0.5, 0.6) is 5.75 Å². The van der Waals surface area contributed by atoms with Crippen LogP contribution in [0.4, 0.5) is 4.39 Å². The third-order valence-electron chi connectivity index (χ3n) is 2.95. The number of hydrogen-bond acceptors (Lipinski definition) is 2. The molecule has 1 fully saturated rings. The molecule has 1 heterocycles. The Morgan fingerprint density at radius 2 is 1.88 bits per heavy atom. The van der Waals surface area contributed by atoms with Gasteiger partial charge in [0.25, 0.3) is 0 Å². The fraction of sp³-hybridized carbons (Fsp3) is 0.538. The van der Waals surface area contributed by atoms with Crippen molar-refractivity contribution in [2.45, 2.75) is 19.3 Å². The molecule has 0 radical (unpaired) electrons. The van der Waals surface area contributed by atoms with Crippen LogP contribution in [-0.2, 0) is 0 Å². The number of piperidine rings is 1. The van der Waals surface area contributed by atoms with Gasteiger partial charge < -0.3 is 4.74 Å². The van der Waals surface area contributed by atoms with Gasteiger partial charge in [-0.3, -0.25) is 4.90 Å². The summed E-state index contributed by atoms with van der Waals surface area (Å²) >= 11 is 0. The van der Waals surface area contributed by atoms with Crippen LogP contribution in [0.15, 0.2) is 24.3 Å². The topological polar surface area (TPSA) is 12.5 Å². The number of hydrogen-bond donors (Lipinski definition) is 0. The molecular weight excluding hydrogens is 205 g/mol. The molecular formula is C13H18FNO. The van der Waals surface area contributed by atoms with Crippen LogP contribution in [0, 0.1) is 5.82 Å². The Bertz CT molecular complexity index is 323. The van der Waals surface area contributed by atoms with Crippen LogP contribution < -0.4 is 4.74 Å². The van der Waals surface area contributed by atoms with E-state index in [0.717, 1.165) is 19.6 Å². The van der Waals surface area contributed by atoms with Crippen LogP contribution in [0.25, 0.3) is 0 Å². The first kappa shape index (κ1) is 11.4. The zero-order chi connectivity index (χ0) is 11.2. The van der Waals surface area contributed by atoms with Gasteiger partial charge in [-0.05, 0) is 38.1 Å². The van der Waals surface area contributed by atoms with Gasteiger partial charge in [0, 0.05) is 6.54 Å². The lowest BCUT2D eigenvalue weighted by Gasteiger charge is -2.26. The largest absolute Gasteiger partial charge is 0.489 e. The van der Waals surface area contributed by atoms with Crippen LogP contribution in [-0.4, -0.2) is 31.1 Å². The number of nitrogens with zero attached hydrogens (tertiary/aromatic N) is 1. The second kappa shape index (κ2) is 5.85. The van der Waals surface area contributed by atoms with E-state index >= 15 is 0 Å². The highest BCUT2D eigenvalue weighted by Gasteiger charge is 2.09. The minimum Gasteiger partial charge on any atom is -0.489 e. The van der Waals surface area contributed by atoms with E-state index in [9.17, 15) is 4.39 Å². The molecule has 0 N–H and O–H groups in total. The van der Waals surface area contributed by atoms with Gasteiger partial charge >= 0.3 is 0 Å². The Kier molecular flexibility index (Phi) is 4.17. The third-order valence-corrected chi connectivity index (χ3v) is 2.95. The van der Waals surface area contributed by atoms with Crippen molar-refractivity contribution < 1.29 is 9.13 Å². The Balaban J connectivity index is 1.73. The minimum atomic E-state index is -0.277. The molecule has 2 nitrogen and oxygen atoms in total. The monoisotopic (exact) mass is 223 g/mol. The Morgan fingerprint density at radius 3 is 2.62 bits per heavy atom. The van der Waals surface area contributed by atoms with E-state index in [4.69, 9.17) is 4.74 Å². The summed E-state index contributed by atoms with van der Waals surface area (Å²) in [5.41, 5.74) is 0. The van der Waals surface area contributed by atoms with E-state index in [2.05, 4.69) is 4.90 Å². The van der Waals surface area contributed by atoms with Crippen molar-refractivity contribution in [3.05, 3.63) is 30.1 Å². The van der Waals surface area contributed by atoms with Gasteiger partial charge in [-0.15, -0.1) is 0 Å². The quantitative estimate of drug-likeness (QED) is 0.778. The summed E-state index contributed by atoms with van der Waals surface area (Å²) in [4.78, 5) is 2.38. The van der Waals surface area contributed by atoms with Crippen molar-refractivity contribution in [1.29, 1.82) is 0 Å². The van der Waals surface area contributed by atoms with E-state index in [-0.39, 0.29) is 5.82 Å². The number of benzene rings is 1. The third kappa shape index (κ3) is 3.20. The van der Waals surface area contributed by atoms with E-state index in [0.29, 0.717) is 12.4 Å². The summed E-state index contributed by atoms with van der Waals surface area (Å²) in [7, 11) is 0. The Morgan fingerprint density at radius 1 is 1.12 bits per heavy atom. The van der Waals surface area contributed by atoms with E-state index in [1.807, 2.05) is 0 Å². The van der Waals surface area contributed by atoms with Gasteiger partial charge in [-0.1, -0.05) is 18.6 Å². The number of ether oxygens (including phenoxy) is 1. The lowest BCUT2D eigenvalue weighted by atomic mass is 10.1. The fourth-order valence-corrected chi connectivity index (χ4v) is 2.03. The van der Waals surface area contributed by atoms with Gasteiger partial charge in [0.05, 0.1) is 0 Å². The van der Waals surface area contributed by atoms with Crippen molar-refractivity contribution in [2.75, 3.05) is 26.2 Å². The lowest BCUT2D eigenvalue weighted by molar-refractivity contribution is 0.180. The molecule has 1 aromatic carbocycles. The number of halogens is 1. The highest BCUT2D eigenvalue weighted by atomic mass is 19.1. The molecule has 1 aliphatic rings. The average molecular weight is 223 g/mol. The van der Waals surface area contributed by atoms with E-state index in [1.165, 1.54) is 25.3 Å². The van der Waals surface area contributed by atoms with Crippen LogP contribution in [0.1, 0.15) is 19.3 Å². The van der Waals surface area contributed by atoms with Crippen LogP contribution in [0.2, 0.25) is 0 Å². The van der Waals surface area contributed by atoms with Crippen molar-refractivity contribution in [1.82, 2.24) is 4.90 Å². The average Bonchev–Trinajstić information content (AvgIpc) is 2.33. The molecule has 0 aliphatic carbocycles. The Hall–Kier alpha value is -1.09. The van der Waals surface area contributed by atoms with Crippen molar-refractivity contribution in [3.63, 3.8) is 0 Å². The first-order valence-corrected chi connectivity index (χ1v) is 5.96. The van der Waals surface area contributed by atoms with Gasteiger partial charge in [0.2, 0.25) is 0 Å². The van der Waals surface area contributed by atoms with Crippen LogP contribution in [0.3, 0.4) is 0 Å². The normalized spacial score (nSPS) is 17.3. The number of para-hydroxylation sites is 1. The first-order valence-electron chi connectivity index (χ1n) is 5.96. The maximum atomic E-state index is 13.2. The predicted molar refractivity (Wildman–Crippen MR) is 62.2 cm³/mol. The van der Waals surface area contributed by atoms with Gasteiger partial charge in [-0.2, -0.15) is 0 Å². The Labute approximate surface area is 96.0 Å². The summed E-state index contributed by atoms with van der Waals surface area (Å²) in [5, 5.41) is 0. The second-order valence-electron chi connectivity index (χ2n) is 4.18. The standard InChI is InChI=1S/C13H18FNO/c14-12-6-2-3-7-13(12)16-11-10-15-8-4-1-5-9-15/h2-3,6-7H,1,4-5,8-11H2. The highest BCUT2D eigenvalue weighted by Crippen LogP contribution is 2.15. The SMILES string of the molecule is Fc1ccccc1OCCN1CCCCC1. The molecule has 1 saturated heterocycles. The maximum Gasteiger partial charge on any atom is 0.165 e. The highest BCUT2D eigenvalue weighted by molar-refractivity contribution is 5.23. The molecule has 0 aromatic heterocycles. The molecule has 88 valence electrons. The van der Waals surface area contributed by atoms with Gasteiger partial charge in [0.15, 0.2) is 11.6 Å². The molecule has 0 bridgehead atoms. The smallest absolute Gasteiger partial charge is 0.165 e. The minimum absolute atomic E-state index is 0.277. The summed E-state index contributed by atoms with van der Waals surface area (Å²) in [6.45, 7) is 3.77. The van der Waals surface area contributed by atoms with Gasteiger partial charge in [0.1, 0.15) is 6.61 Å². The molecule has 0 saturated carbocycles. The molecule has 16 heavy (non-hydrogen) atoms. The van der Waals surface area contributed by atoms with E-state index in [1.54, 1.807) is 18.2 Å². The molecule has 0 atom stereocenters. The second-order valence-corrected chi connectivity index (χ2v) is 4.18.